The maximum atomic E-state index is 4.88. The first-order valence-corrected chi connectivity index (χ1v) is 10.9. The summed E-state index contributed by atoms with van der Waals surface area (Å²) >= 11 is 11.1. The largest absolute Gasteiger partial charge is 0.302 e. The molecule has 5 heteroatoms. The highest BCUT2D eigenvalue weighted by Crippen LogP contribution is 2.44. The molecular weight excluding hydrogens is 508 g/mol. The van der Waals surface area contributed by atoms with Crippen molar-refractivity contribution in [2.24, 2.45) is 0 Å². The van der Waals surface area contributed by atoms with E-state index in [1.807, 2.05) is 6.20 Å². The van der Waals surface area contributed by atoms with Crippen molar-refractivity contribution in [3.05, 3.63) is 71.8 Å². The molecule has 0 saturated heterocycles. The smallest absolute Gasteiger partial charge is 0.0552 e. The van der Waals surface area contributed by atoms with Crippen LogP contribution in [0.2, 0.25) is 0 Å². The maximum Gasteiger partial charge on any atom is 0.0552 e. The van der Waals surface area contributed by atoms with Gasteiger partial charge in [0, 0.05) is 38.6 Å². The second-order valence-electron chi connectivity index (χ2n) is 6.88. The molecule has 25 heavy (non-hydrogen) atoms. The molecule has 2 heterocycles. The zero-order valence-electron chi connectivity index (χ0n) is 14.0. The van der Waals surface area contributed by atoms with Crippen LogP contribution in [0.5, 0.6) is 0 Å². The molecule has 2 aromatic rings. The quantitative estimate of drug-likeness (QED) is 0.433. The van der Waals surface area contributed by atoms with Crippen LogP contribution < -0.4 is 0 Å². The van der Waals surface area contributed by atoms with E-state index in [-0.39, 0.29) is 5.92 Å². The molecule has 1 aliphatic heterocycles. The van der Waals surface area contributed by atoms with Crippen LogP contribution >= 0.6 is 47.8 Å². The lowest BCUT2D eigenvalue weighted by atomic mass is 9.82. The van der Waals surface area contributed by atoms with Gasteiger partial charge < -0.3 is 4.90 Å². The van der Waals surface area contributed by atoms with Crippen molar-refractivity contribution in [1.29, 1.82) is 0 Å². The van der Waals surface area contributed by atoms with Gasteiger partial charge in [0.15, 0.2) is 0 Å². The van der Waals surface area contributed by atoms with Crippen LogP contribution in [0.15, 0.2) is 49.5 Å². The molecule has 1 unspecified atom stereocenters. The van der Waals surface area contributed by atoms with Gasteiger partial charge in [0.1, 0.15) is 0 Å². The number of aromatic nitrogens is 1. The Morgan fingerprint density at radius 2 is 1.76 bits per heavy atom. The van der Waals surface area contributed by atoms with E-state index in [1.54, 1.807) is 0 Å². The lowest BCUT2D eigenvalue weighted by molar-refractivity contribution is 0.355. The molecule has 1 atom stereocenters. The van der Waals surface area contributed by atoms with Crippen molar-refractivity contribution in [3.63, 3.8) is 0 Å². The van der Waals surface area contributed by atoms with Gasteiger partial charge in [0.2, 0.25) is 0 Å². The fourth-order valence-corrected chi connectivity index (χ4v) is 5.86. The Labute approximate surface area is 174 Å². The first-order valence-electron chi connectivity index (χ1n) is 8.52. The average Bonchev–Trinajstić information content (AvgIpc) is 2.72. The third-order valence-electron chi connectivity index (χ3n) is 5.19. The highest BCUT2D eigenvalue weighted by Gasteiger charge is 2.31. The molecule has 0 radical (unpaired) electrons. The minimum Gasteiger partial charge on any atom is -0.302 e. The molecule has 0 amide bonds. The number of benzene rings is 1. The van der Waals surface area contributed by atoms with Crippen molar-refractivity contribution in [2.45, 2.75) is 25.2 Å². The second kappa shape index (κ2) is 7.26. The molecule has 0 fully saturated rings. The van der Waals surface area contributed by atoms with Crippen molar-refractivity contribution in [1.82, 2.24) is 9.88 Å². The Balaban J connectivity index is 1.94. The molecule has 1 aromatic carbocycles. The fraction of sp³-hybridized carbons (Fsp3) is 0.350. The number of pyridine rings is 1. The predicted molar refractivity (Wildman–Crippen MR) is 113 cm³/mol. The Bertz CT molecular complexity index is 860. The third kappa shape index (κ3) is 3.53. The van der Waals surface area contributed by atoms with Crippen LogP contribution in [0, 0.1) is 0 Å². The van der Waals surface area contributed by atoms with E-state index in [0.29, 0.717) is 0 Å². The van der Waals surface area contributed by atoms with Crippen LogP contribution in [0.4, 0.5) is 0 Å². The zero-order chi connectivity index (χ0) is 17.6. The SMILES string of the molecule is CN1CC=C(C2c3ncc(Br)cc3CCc3cc(Br)cc(Br)c32)CC1. The third-order valence-corrected chi connectivity index (χ3v) is 6.74. The molecule has 1 aromatic heterocycles. The van der Waals surface area contributed by atoms with Gasteiger partial charge in [-0.2, -0.15) is 0 Å². The van der Waals surface area contributed by atoms with E-state index in [0.717, 1.165) is 41.3 Å². The number of fused-ring (bicyclic) bond motifs is 2. The number of nitrogens with zero attached hydrogens (tertiary/aromatic N) is 2. The fourth-order valence-electron chi connectivity index (χ4n) is 3.94. The molecule has 1 aliphatic carbocycles. The zero-order valence-corrected chi connectivity index (χ0v) is 18.8. The molecule has 0 saturated carbocycles. The van der Waals surface area contributed by atoms with Gasteiger partial charge in [-0.15, -0.1) is 0 Å². The van der Waals surface area contributed by atoms with Gasteiger partial charge in [-0.3, -0.25) is 4.98 Å². The average molecular weight is 527 g/mol. The molecule has 130 valence electrons. The molecule has 0 bridgehead atoms. The summed E-state index contributed by atoms with van der Waals surface area (Å²) in [6.45, 7) is 2.12. The van der Waals surface area contributed by atoms with Crippen LogP contribution in [-0.2, 0) is 12.8 Å². The van der Waals surface area contributed by atoms with Gasteiger partial charge in [-0.1, -0.05) is 43.5 Å². The molecule has 2 nitrogen and oxygen atoms in total. The molecular formula is C20H19Br3N2. The predicted octanol–water partition coefficient (Wildman–Crippen LogP) is 5.86. The van der Waals surface area contributed by atoms with Crippen LogP contribution in [0.1, 0.15) is 34.7 Å². The van der Waals surface area contributed by atoms with Gasteiger partial charge in [0.05, 0.1) is 5.69 Å². The Kier molecular flexibility index (Phi) is 5.20. The minimum absolute atomic E-state index is 0.247. The summed E-state index contributed by atoms with van der Waals surface area (Å²) in [7, 11) is 2.19. The summed E-state index contributed by atoms with van der Waals surface area (Å²) in [6, 6.07) is 6.70. The molecule has 2 aliphatic rings. The monoisotopic (exact) mass is 524 g/mol. The number of hydrogen-bond donors (Lipinski definition) is 0. The summed E-state index contributed by atoms with van der Waals surface area (Å²) < 4.78 is 3.38. The van der Waals surface area contributed by atoms with Crippen molar-refractivity contribution >= 4 is 47.8 Å². The summed E-state index contributed by atoms with van der Waals surface area (Å²) in [5, 5.41) is 0. The highest BCUT2D eigenvalue weighted by atomic mass is 79.9. The molecule has 0 N–H and O–H groups in total. The maximum absolute atomic E-state index is 4.88. The Hall–Kier alpha value is -0.490. The van der Waals surface area contributed by atoms with E-state index in [1.165, 1.54) is 32.4 Å². The minimum atomic E-state index is 0.247. The number of rotatable bonds is 1. The topological polar surface area (TPSA) is 16.1 Å². The summed E-state index contributed by atoms with van der Waals surface area (Å²) in [4.78, 5) is 7.25. The first kappa shape index (κ1) is 17.9. The second-order valence-corrected chi connectivity index (χ2v) is 9.57. The van der Waals surface area contributed by atoms with Crippen LogP contribution in [0.25, 0.3) is 0 Å². The summed E-state index contributed by atoms with van der Waals surface area (Å²) in [5.74, 6) is 0.247. The van der Waals surface area contributed by atoms with Crippen LogP contribution in [-0.4, -0.2) is 30.0 Å². The summed E-state index contributed by atoms with van der Waals surface area (Å²) in [6.07, 6.45) is 7.52. The van der Waals surface area contributed by atoms with Gasteiger partial charge >= 0.3 is 0 Å². The lowest BCUT2D eigenvalue weighted by Gasteiger charge is -2.29. The van der Waals surface area contributed by atoms with Gasteiger partial charge in [0.25, 0.3) is 0 Å². The van der Waals surface area contributed by atoms with E-state index >= 15 is 0 Å². The van der Waals surface area contributed by atoms with E-state index in [2.05, 4.69) is 84.0 Å². The van der Waals surface area contributed by atoms with Crippen molar-refractivity contribution in [2.75, 3.05) is 20.1 Å². The summed E-state index contributed by atoms with van der Waals surface area (Å²) in [5.41, 5.74) is 6.90. The number of aryl methyl sites for hydroxylation is 2. The lowest BCUT2D eigenvalue weighted by Crippen LogP contribution is -2.26. The van der Waals surface area contributed by atoms with E-state index in [9.17, 15) is 0 Å². The number of halogens is 3. The van der Waals surface area contributed by atoms with Crippen molar-refractivity contribution in [3.8, 4) is 0 Å². The Morgan fingerprint density at radius 3 is 2.52 bits per heavy atom. The first-order chi connectivity index (χ1) is 12.0. The van der Waals surface area contributed by atoms with Gasteiger partial charge in [-0.25, -0.2) is 0 Å². The van der Waals surface area contributed by atoms with Crippen molar-refractivity contribution < 1.29 is 0 Å². The highest BCUT2D eigenvalue weighted by molar-refractivity contribution is 9.11. The van der Waals surface area contributed by atoms with E-state index in [4.69, 9.17) is 4.98 Å². The number of likely N-dealkylation sites (N-methyl/N-ethyl adjacent to an activating group) is 1. The number of hydrogen-bond acceptors (Lipinski definition) is 2. The van der Waals surface area contributed by atoms with Crippen LogP contribution in [0.3, 0.4) is 0 Å². The molecule has 4 rings (SSSR count). The standard InChI is InChI=1S/C20H19Br3N2/c1-25-6-4-12(5-7-25)19-18-13(8-15(21)10-17(18)23)2-3-14-9-16(22)11-24-20(14)19/h4,8-11,19H,2-3,5-7H2,1H3. The molecule has 0 spiro atoms. The Morgan fingerprint density at radius 1 is 1.00 bits per heavy atom. The van der Waals surface area contributed by atoms with E-state index < -0.39 is 0 Å². The van der Waals surface area contributed by atoms with Gasteiger partial charge in [-0.05, 0) is 77.1 Å². The normalized spacial score (nSPS) is 20.5.